The number of rotatable bonds is 13. The minimum absolute atomic E-state index is 0.0411. The van der Waals surface area contributed by atoms with E-state index in [-0.39, 0.29) is 30.6 Å². The zero-order valence-corrected chi connectivity index (χ0v) is 21.9. The van der Waals surface area contributed by atoms with E-state index >= 15 is 0 Å². The Hall–Kier alpha value is -3.12. The van der Waals surface area contributed by atoms with Gasteiger partial charge in [0.25, 0.3) is 0 Å². The summed E-state index contributed by atoms with van der Waals surface area (Å²) in [6.07, 6.45) is 2.43. The van der Waals surface area contributed by atoms with Crippen LogP contribution in [0.1, 0.15) is 42.9 Å². The summed E-state index contributed by atoms with van der Waals surface area (Å²) >= 11 is 1.60. The molecule has 0 heterocycles. The SMILES string of the molecule is CCCCNC(=O)C(Cc1ccccc1)N(Cc1ccccc1F)C(=O)CCSc1ccc(C)cc1. The minimum Gasteiger partial charge on any atom is -0.354 e. The summed E-state index contributed by atoms with van der Waals surface area (Å²) in [4.78, 5) is 29.6. The second-order valence-electron chi connectivity index (χ2n) is 8.87. The van der Waals surface area contributed by atoms with E-state index in [1.54, 1.807) is 34.9 Å². The van der Waals surface area contributed by atoms with E-state index in [4.69, 9.17) is 0 Å². The predicted octanol–water partition coefficient (Wildman–Crippen LogP) is 6.17. The van der Waals surface area contributed by atoms with Crippen molar-refractivity contribution < 1.29 is 14.0 Å². The molecule has 1 unspecified atom stereocenters. The van der Waals surface area contributed by atoms with Gasteiger partial charge in [-0.1, -0.05) is 79.6 Å². The molecule has 0 spiro atoms. The van der Waals surface area contributed by atoms with Gasteiger partial charge in [0, 0.05) is 42.1 Å². The number of unbranched alkanes of at least 4 members (excludes halogenated alkanes) is 1. The van der Waals surface area contributed by atoms with Crippen LogP contribution in [0.5, 0.6) is 0 Å². The lowest BCUT2D eigenvalue weighted by Crippen LogP contribution is -2.50. The Morgan fingerprint density at radius 3 is 2.36 bits per heavy atom. The highest BCUT2D eigenvalue weighted by molar-refractivity contribution is 7.99. The third kappa shape index (κ3) is 8.52. The number of thioether (sulfide) groups is 1. The Labute approximate surface area is 218 Å². The van der Waals surface area contributed by atoms with E-state index in [0.29, 0.717) is 24.3 Å². The molecule has 0 saturated heterocycles. The Bertz CT molecular complexity index is 1110. The first-order chi connectivity index (χ1) is 17.5. The monoisotopic (exact) mass is 506 g/mol. The van der Waals surface area contributed by atoms with E-state index in [1.165, 1.54) is 11.6 Å². The van der Waals surface area contributed by atoms with Crippen molar-refractivity contribution in [3.63, 3.8) is 0 Å². The number of hydrogen-bond acceptors (Lipinski definition) is 3. The number of nitrogens with one attached hydrogen (secondary N) is 1. The van der Waals surface area contributed by atoms with Crippen LogP contribution in [0.15, 0.2) is 83.8 Å². The molecule has 0 fully saturated rings. The first-order valence-electron chi connectivity index (χ1n) is 12.5. The molecule has 0 saturated carbocycles. The van der Waals surface area contributed by atoms with Crippen molar-refractivity contribution in [2.45, 2.75) is 57.0 Å². The van der Waals surface area contributed by atoms with Gasteiger partial charge in [0.05, 0.1) is 0 Å². The molecule has 6 heteroatoms. The fourth-order valence-electron chi connectivity index (χ4n) is 3.90. The smallest absolute Gasteiger partial charge is 0.243 e. The summed E-state index contributed by atoms with van der Waals surface area (Å²) in [5.74, 6) is -0.174. The highest BCUT2D eigenvalue weighted by Crippen LogP contribution is 2.22. The predicted molar refractivity (Wildman–Crippen MR) is 145 cm³/mol. The molecule has 0 aromatic heterocycles. The average molecular weight is 507 g/mol. The van der Waals surface area contributed by atoms with Gasteiger partial charge in [0.1, 0.15) is 11.9 Å². The third-order valence-electron chi connectivity index (χ3n) is 6.00. The first kappa shape index (κ1) is 27.5. The van der Waals surface area contributed by atoms with Gasteiger partial charge in [-0.15, -0.1) is 11.8 Å². The number of aryl methyl sites for hydroxylation is 1. The number of halogens is 1. The fraction of sp³-hybridized carbons (Fsp3) is 0.333. The van der Waals surface area contributed by atoms with Crippen LogP contribution in [0.3, 0.4) is 0 Å². The maximum atomic E-state index is 14.6. The summed E-state index contributed by atoms with van der Waals surface area (Å²) in [6.45, 7) is 4.69. The molecule has 3 aromatic rings. The van der Waals surface area contributed by atoms with Crippen molar-refractivity contribution in [2.75, 3.05) is 12.3 Å². The first-order valence-corrected chi connectivity index (χ1v) is 13.5. The fourth-order valence-corrected chi connectivity index (χ4v) is 4.75. The van der Waals surface area contributed by atoms with Gasteiger partial charge in [-0.2, -0.15) is 0 Å². The largest absolute Gasteiger partial charge is 0.354 e. The highest BCUT2D eigenvalue weighted by Gasteiger charge is 2.30. The lowest BCUT2D eigenvalue weighted by atomic mass is 10.0. The van der Waals surface area contributed by atoms with Crippen LogP contribution in [-0.2, 0) is 22.6 Å². The number of carbonyl (C=O) groups excluding carboxylic acids is 2. The van der Waals surface area contributed by atoms with Crippen molar-refractivity contribution in [1.29, 1.82) is 0 Å². The molecule has 3 aromatic carbocycles. The van der Waals surface area contributed by atoms with Crippen molar-refractivity contribution in [2.24, 2.45) is 0 Å². The lowest BCUT2D eigenvalue weighted by Gasteiger charge is -2.31. The second kappa shape index (κ2) is 14.4. The Morgan fingerprint density at radius 1 is 0.972 bits per heavy atom. The molecule has 1 atom stereocenters. The van der Waals surface area contributed by atoms with Crippen LogP contribution in [0.4, 0.5) is 4.39 Å². The summed E-state index contributed by atoms with van der Waals surface area (Å²) in [5, 5.41) is 3.00. The van der Waals surface area contributed by atoms with Gasteiger partial charge in [-0.05, 0) is 37.1 Å². The van der Waals surface area contributed by atoms with Crippen molar-refractivity contribution >= 4 is 23.6 Å². The maximum Gasteiger partial charge on any atom is 0.243 e. The van der Waals surface area contributed by atoms with Crippen LogP contribution >= 0.6 is 11.8 Å². The standard InChI is InChI=1S/C30H35FN2O2S/c1-3-4-19-32-30(35)28(21-24-10-6-5-7-11-24)33(22-25-12-8-9-13-27(25)31)29(34)18-20-36-26-16-14-23(2)15-17-26/h5-17,28H,3-4,18-22H2,1-2H3,(H,32,35). The molecular weight excluding hydrogens is 471 g/mol. The minimum atomic E-state index is -0.735. The summed E-state index contributed by atoms with van der Waals surface area (Å²) in [6, 6.07) is 23.5. The molecule has 0 aliphatic heterocycles. The number of hydrogen-bond donors (Lipinski definition) is 1. The van der Waals surface area contributed by atoms with Gasteiger partial charge >= 0.3 is 0 Å². The molecule has 36 heavy (non-hydrogen) atoms. The molecule has 3 rings (SSSR count). The zero-order valence-electron chi connectivity index (χ0n) is 21.1. The van der Waals surface area contributed by atoms with Crippen LogP contribution < -0.4 is 5.32 Å². The quantitative estimate of drug-likeness (QED) is 0.223. The second-order valence-corrected chi connectivity index (χ2v) is 10.0. The Balaban J connectivity index is 1.83. The van der Waals surface area contributed by atoms with Gasteiger partial charge < -0.3 is 10.2 Å². The molecule has 2 amide bonds. The normalized spacial score (nSPS) is 11.6. The maximum absolute atomic E-state index is 14.6. The van der Waals surface area contributed by atoms with Gasteiger partial charge in [-0.3, -0.25) is 9.59 Å². The van der Waals surface area contributed by atoms with Crippen molar-refractivity contribution in [1.82, 2.24) is 10.2 Å². The average Bonchev–Trinajstić information content (AvgIpc) is 2.89. The molecule has 4 nitrogen and oxygen atoms in total. The van der Waals surface area contributed by atoms with E-state index in [0.717, 1.165) is 23.3 Å². The Kier molecular flexibility index (Phi) is 11.0. The van der Waals surface area contributed by atoms with Crippen LogP contribution in [-0.4, -0.2) is 35.1 Å². The van der Waals surface area contributed by atoms with Gasteiger partial charge in [-0.25, -0.2) is 4.39 Å². The van der Waals surface area contributed by atoms with Crippen molar-refractivity contribution in [3.8, 4) is 0 Å². The topological polar surface area (TPSA) is 49.4 Å². The van der Waals surface area contributed by atoms with Crippen molar-refractivity contribution in [3.05, 3.63) is 101 Å². The van der Waals surface area contributed by atoms with E-state index in [2.05, 4.69) is 12.2 Å². The summed E-state index contributed by atoms with van der Waals surface area (Å²) in [5.41, 5.74) is 2.54. The highest BCUT2D eigenvalue weighted by atomic mass is 32.2. The van der Waals surface area contributed by atoms with E-state index < -0.39 is 6.04 Å². The summed E-state index contributed by atoms with van der Waals surface area (Å²) < 4.78 is 14.6. The van der Waals surface area contributed by atoms with Crippen LogP contribution in [0.2, 0.25) is 0 Å². The number of amides is 2. The zero-order chi connectivity index (χ0) is 25.8. The molecule has 0 aliphatic carbocycles. The molecule has 190 valence electrons. The number of carbonyl (C=O) groups is 2. The third-order valence-corrected chi connectivity index (χ3v) is 7.02. The summed E-state index contributed by atoms with van der Waals surface area (Å²) in [7, 11) is 0. The van der Waals surface area contributed by atoms with E-state index in [9.17, 15) is 14.0 Å². The lowest BCUT2D eigenvalue weighted by molar-refractivity contribution is -0.141. The molecule has 0 radical (unpaired) electrons. The number of nitrogens with zero attached hydrogens (tertiary/aromatic N) is 1. The molecule has 0 aliphatic rings. The molecule has 1 N–H and O–H groups in total. The van der Waals surface area contributed by atoms with Gasteiger partial charge in [0.2, 0.25) is 11.8 Å². The van der Waals surface area contributed by atoms with E-state index in [1.807, 2.05) is 61.5 Å². The van der Waals surface area contributed by atoms with Gasteiger partial charge in [0.15, 0.2) is 0 Å². The van der Waals surface area contributed by atoms with Crippen LogP contribution in [0, 0.1) is 12.7 Å². The molecule has 0 bridgehead atoms. The molecular formula is C30H35FN2O2S. The van der Waals surface area contributed by atoms with Crippen LogP contribution in [0.25, 0.3) is 0 Å². The number of benzene rings is 3. The Morgan fingerprint density at radius 2 is 1.67 bits per heavy atom.